The van der Waals surface area contributed by atoms with Gasteiger partial charge in [0, 0.05) is 41.2 Å². The van der Waals surface area contributed by atoms with E-state index in [1.807, 2.05) is 27.7 Å². The SMILES string of the molecule is Cc1cc(C(=O)COC(=O)/C=C/c2ccc([N+](=O)[O-])cc2)c(C)n1C(C)C. The van der Waals surface area contributed by atoms with Crippen molar-refractivity contribution in [3.63, 3.8) is 0 Å². The normalized spacial score (nSPS) is 11.1. The number of ketones is 1. The molecule has 0 aliphatic heterocycles. The van der Waals surface area contributed by atoms with Crippen LogP contribution < -0.4 is 0 Å². The van der Waals surface area contributed by atoms with Crippen LogP contribution in [0.5, 0.6) is 0 Å². The number of hydrogen-bond donors (Lipinski definition) is 0. The van der Waals surface area contributed by atoms with Crippen LogP contribution in [0.3, 0.4) is 0 Å². The van der Waals surface area contributed by atoms with Gasteiger partial charge in [-0.2, -0.15) is 0 Å². The van der Waals surface area contributed by atoms with E-state index in [0.717, 1.165) is 11.4 Å². The number of ether oxygens (including phenoxy) is 1. The quantitative estimate of drug-likeness (QED) is 0.241. The van der Waals surface area contributed by atoms with Crippen LogP contribution in [0.15, 0.2) is 36.4 Å². The van der Waals surface area contributed by atoms with Gasteiger partial charge in [0.1, 0.15) is 0 Å². The van der Waals surface area contributed by atoms with Gasteiger partial charge in [-0.15, -0.1) is 0 Å². The molecular weight excluding hydrogens is 348 g/mol. The van der Waals surface area contributed by atoms with Gasteiger partial charge >= 0.3 is 5.97 Å². The number of aryl methyl sites for hydroxylation is 1. The van der Waals surface area contributed by atoms with Crippen molar-refractivity contribution >= 4 is 23.5 Å². The first-order valence-electron chi connectivity index (χ1n) is 8.51. The number of nitro benzene ring substituents is 1. The second-order valence-electron chi connectivity index (χ2n) is 6.46. The number of hydrogen-bond acceptors (Lipinski definition) is 5. The van der Waals surface area contributed by atoms with E-state index in [4.69, 9.17) is 4.74 Å². The van der Waals surface area contributed by atoms with E-state index in [1.165, 1.54) is 36.4 Å². The molecule has 7 heteroatoms. The van der Waals surface area contributed by atoms with E-state index in [0.29, 0.717) is 11.1 Å². The van der Waals surface area contributed by atoms with Crippen molar-refractivity contribution in [1.29, 1.82) is 0 Å². The van der Waals surface area contributed by atoms with E-state index in [-0.39, 0.29) is 24.1 Å². The summed E-state index contributed by atoms with van der Waals surface area (Å²) in [5.74, 6) is -0.911. The summed E-state index contributed by atoms with van der Waals surface area (Å²) in [7, 11) is 0. The van der Waals surface area contributed by atoms with Gasteiger partial charge in [-0.05, 0) is 57.5 Å². The first-order valence-corrected chi connectivity index (χ1v) is 8.51. The highest BCUT2D eigenvalue weighted by Gasteiger charge is 2.18. The lowest BCUT2D eigenvalue weighted by Gasteiger charge is -2.13. The third kappa shape index (κ3) is 4.91. The topological polar surface area (TPSA) is 91.4 Å². The lowest BCUT2D eigenvalue weighted by atomic mass is 10.1. The predicted molar refractivity (Wildman–Crippen MR) is 102 cm³/mol. The van der Waals surface area contributed by atoms with Crippen LogP contribution >= 0.6 is 0 Å². The number of non-ortho nitro benzene ring substituents is 1. The Kier molecular flexibility index (Phi) is 6.28. The molecule has 0 amide bonds. The van der Waals surface area contributed by atoms with Crippen molar-refractivity contribution in [1.82, 2.24) is 4.57 Å². The fraction of sp³-hybridized carbons (Fsp3) is 0.300. The van der Waals surface area contributed by atoms with Crippen LogP contribution in [0.4, 0.5) is 5.69 Å². The Hall–Kier alpha value is -3.22. The zero-order valence-corrected chi connectivity index (χ0v) is 15.8. The number of Topliss-reactive ketones (excluding diaryl/α,β-unsaturated/α-hetero) is 1. The second kappa shape index (κ2) is 8.44. The Morgan fingerprint density at radius 2 is 1.85 bits per heavy atom. The number of nitro groups is 1. The van der Waals surface area contributed by atoms with Crippen molar-refractivity contribution in [3.05, 3.63) is 69.0 Å². The van der Waals surface area contributed by atoms with Crippen LogP contribution in [0.25, 0.3) is 6.08 Å². The molecule has 0 atom stereocenters. The zero-order valence-electron chi connectivity index (χ0n) is 15.8. The van der Waals surface area contributed by atoms with E-state index in [1.54, 1.807) is 6.07 Å². The van der Waals surface area contributed by atoms with Gasteiger partial charge in [0.25, 0.3) is 5.69 Å². The van der Waals surface area contributed by atoms with E-state index in [9.17, 15) is 19.7 Å². The highest BCUT2D eigenvalue weighted by atomic mass is 16.6. The molecule has 1 aromatic heterocycles. The summed E-state index contributed by atoms with van der Waals surface area (Å²) in [4.78, 5) is 34.3. The first-order chi connectivity index (χ1) is 12.7. The molecule has 0 bridgehead atoms. The van der Waals surface area contributed by atoms with Gasteiger partial charge in [-0.25, -0.2) is 4.79 Å². The van der Waals surface area contributed by atoms with Gasteiger partial charge in [0.15, 0.2) is 6.61 Å². The van der Waals surface area contributed by atoms with E-state index < -0.39 is 10.9 Å². The van der Waals surface area contributed by atoms with Crippen LogP contribution in [0.1, 0.15) is 47.2 Å². The summed E-state index contributed by atoms with van der Waals surface area (Å²) in [5.41, 5.74) is 2.97. The number of aromatic nitrogens is 1. The Balaban J connectivity index is 1.96. The number of esters is 1. The van der Waals surface area contributed by atoms with Crippen molar-refractivity contribution in [2.45, 2.75) is 33.7 Å². The molecule has 2 rings (SSSR count). The molecule has 27 heavy (non-hydrogen) atoms. The molecular formula is C20H22N2O5. The third-order valence-electron chi connectivity index (χ3n) is 4.16. The summed E-state index contributed by atoms with van der Waals surface area (Å²) in [6.45, 7) is 7.54. The fourth-order valence-electron chi connectivity index (χ4n) is 2.99. The molecule has 1 heterocycles. The minimum absolute atomic E-state index is 0.0284. The molecule has 0 aliphatic carbocycles. The second-order valence-corrected chi connectivity index (χ2v) is 6.46. The highest BCUT2D eigenvalue weighted by molar-refractivity contribution is 6.00. The van der Waals surface area contributed by atoms with Crippen LogP contribution in [-0.4, -0.2) is 27.8 Å². The van der Waals surface area contributed by atoms with Crippen molar-refractivity contribution in [2.75, 3.05) is 6.61 Å². The van der Waals surface area contributed by atoms with Crippen LogP contribution in [0, 0.1) is 24.0 Å². The van der Waals surface area contributed by atoms with Crippen LogP contribution in [-0.2, 0) is 9.53 Å². The molecule has 142 valence electrons. The van der Waals surface area contributed by atoms with Gasteiger partial charge < -0.3 is 9.30 Å². The maximum Gasteiger partial charge on any atom is 0.331 e. The maximum atomic E-state index is 12.4. The summed E-state index contributed by atoms with van der Waals surface area (Å²) in [5, 5.41) is 10.6. The number of benzene rings is 1. The van der Waals surface area contributed by atoms with Gasteiger partial charge in [-0.1, -0.05) is 0 Å². The number of carbonyl (C=O) groups excluding carboxylic acids is 2. The highest BCUT2D eigenvalue weighted by Crippen LogP contribution is 2.20. The molecule has 0 saturated carbocycles. The Labute approximate surface area is 157 Å². The smallest absolute Gasteiger partial charge is 0.331 e. The van der Waals surface area contributed by atoms with E-state index >= 15 is 0 Å². The van der Waals surface area contributed by atoms with Gasteiger partial charge in [0.2, 0.25) is 5.78 Å². The average molecular weight is 370 g/mol. The van der Waals surface area contributed by atoms with Crippen molar-refractivity contribution in [3.8, 4) is 0 Å². The molecule has 0 radical (unpaired) electrons. The number of carbonyl (C=O) groups is 2. The standard InChI is InChI=1S/C20H22N2O5/c1-13(2)21-14(3)11-18(15(21)4)19(23)12-27-20(24)10-7-16-5-8-17(9-6-16)22(25)26/h5-11,13H,12H2,1-4H3/b10-7+. The molecule has 0 fully saturated rings. The Morgan fingerprint density at radius 3 is 2.37 bits per heavy atom. The number of rotatable bonds is 7. The maximum absolute atomic E-state index is 12.4. The van der Waals surface area contributed by atoms with Gasteiger partial charge in [0.05, 0.1) is 4.92 Å². The molecule has 1 aromatic carbocycles. The molecule has 0 spiro atoms. The third-order valence-corrected chi connectivity index (χ3v) is 4.16. The largest absolute Gasteiger partial charge is 0.454 e. The van der Waals surface area contributed by atoms with E-state index in [2.05, 4.69) is 4.57 Å². The Morgan fingerprint density at radius 1 is 1.22 bits per heavy atom. The minimum atomic E-state index is -0.653. The lowest BCUT2D eigenvalue weighted by Crippen LogP contribution is -2.14. The predicted octanol–water partition coefficient (Wildman–Crippen LogP) is 4.03. The summed E-state index contributed by atoms with van der Waals surface area (Å²) >= 11 is 0. The molecule has 0 aliphatic rings. The van der Waals surface area contributed by atoms with Crippen LogP contribution in [0.2, 0.25) is 0 Å². The average Bonchev–Trinajstić information content (AvgIpc) is 2.92. The Bertz CT molecular complexity index is 892. The summed E-state index contributed by atoms with van der Waals surface area (Å²) < 4.78 is 7.07. The minimum Gasteiger partial charge on any atom is -0.454 e. The fourth-order valence-corrected chi connectivity index (χ4v) is 2.99. The molecule has 0 unspecified atom stereocenters. The molecule has 7 nitrogen and oxygen atoms in total. The molecule has 0 N–H and O–H groups in total. The molecule has 2 aromatic rings. The molecule has 0 saturated heterocycles. The lowest BCUT2D eigenvalue weighted by molar-refractivity contribution is -0.384. The summed E-state index contributed by atoms with van der Waals surface area (Å²) in [6, 6.07) is 7.77. The van der Waals surface area contributed by atoms with Gasteiger partial charge in [-0.3, -0.25) is 14.9 Å². The summed E-state index contributed by atoms with van der Waals surface area (Å²) in [6.07, 6.45) is 2.66. The first kappa shape index (κ1) is 20.1. The van der Waals surface area contributed by atoms with Crippen molar-refractivity contribution in [2.24, 2.45) is 0 Å². The monoisotopic (exact) mass is 370 g/mol. The zero-order chi connectivity index (χ0) is 20.1. The van der Waals surface area contributed by atoms with Crippen molar-refractivity contribution < 1.29 is 19.2 Å². The number of nitrogens with zero attached hydrogens (tertiary/aromatic N) is 2.